The van der Waals surface area contributed by atoms with Gasteiger partial charge < -0.3 is 4.42 Å². The van der Waals surface area contributed by atoms with Gasteiger partial charge in [-0.25, -0.2) is 8.78 Å². The average Bonchev–Trinajstić information content (AvgIpc) is 2.67. The number of halogens is 3. The summed E-state index contributed by atoms with van der Waals surface area (Å²) in [6.45, 7) is 0. The molecule has 1 saturated carbocycles. The van der Waals surface area contributed by atoms with Gasteiger partial charge in [-0.05, 0) is 12.8 Å². The molecule has 0 unspecified atom stereocenters. The van der Waals surface area contributed by atoms with E-state index in [1.807, 2.05) is 0 Å². The fourth-order valence-electron chi connectivity index (χ4n) is 1.90. The summed E-state index contributed by atoms with van der Waals surface area (Å²) in [4.78, 5) is 0. The van der Waals surface area contributed by atoms with Gasteiger partial charge in [0.15, 0.2) is 0 Å². The molecule has 0 atom stereocenters. The minimum absolute atomic E-state index is 0.0174. The minimum Gasteiger partial charge on any atom is -0.425 e. The summed E-state index contributed by atoms with van der Waals surface area (Å²) in [6.07, 6.45) is 1.16. The largest absolute Gasteiger partial charge is 0.425 e. The van der Waals surface area contributed by atoms with Gasteiger partial charge in [-0.1, -0.05) is 0 Å². The van der Waals surface area contributed by atoms with Crippen molar-refractivity contribution in [1.82, 2.24) is 10.2 Å². The lowest BCUT2D eigenvalue weighted by Gasteiger charge is -2.25. The van der Waals surface area contributed by atoms with E-state index >= 15 is 0 Å². The lowest BCUT2D eigenvalue weighted by molar-refractivity contribution is -0.0399. The van der Waals surface area contributed by atoms with E-state index in [0.29, 0.717) is 36.9 Å². The first kappa shape index (κ1) is 11.8. The molecule has 90 valence electrons. The highest BCUT2D eigenvalue weighted by Gasteiger charge is 2.37. The molecule has 3 nitrogen and oxygen atoms in total. The van der Waals surface area contributed by atoms with Crippen LogP contribution in [0.15, 0.2) is 4.42 Å². The number of aromatic nitrogens is 2. The lowest BCUT2D eigenvalue weighted by Crippen LogP contribution is -2.23. The molecule has 0 aliphatic heterocycles. The first-order valence-corrected chi connectivity index (χ1v) is 5.90. The summed E-state index contributed by atoms with van der Waals surface area (Å²) >= 11 is 5.54. The first-order valence-electron chi connectivity index (χ1n) is 5.37. The van der Waals surface area contributed by atoms with Gasteiger partial charge in [0.05, 0.1) is 0 Å². The zero-order valence-corrected chi connectivity index (χ0v) is 9.51. The van der Waals surface area contributed by atoms with Crippen molar-refractivity contribution in [1.29, 1.82) is 0 Å². The standard InChI is InChI=1S/C10H13ClF2N2O/c11-6-3-8-14-15-9(16-8)7-1-4-10(12,13)5-2-7/h7H,1-6H2. The third kappa shape index (κ3) is 2.70. The second-order valence-electron chi connectivity index (χ2n) is 4.10. The highest BCUT2D eigenvalue weighted by atomic mass is 35.5. The normalized spacial score (nSPS) is 21.2. The Morgan fingerprint density at radius 3 is 2.62 bits per heavy atom. The maximum absolute atomic E-state index is 12.9. The Morgan fingerprint density at radius 1 is 1.31 bits per heavy atom. The first-order chi connectivity index (χ1) is 7.61. The Kier molecular flexibility index (Phi) is 3.42. The summed E-state index contributed by atoms with van der Waals surface area (Å²) in [5.74, 6) is -1.14. The second kappa shape index (κ2) is 4.65. The quantitative estimate of drug-likeness (QED) is 0.774. The summed E-state index contributed by atoms with van der Waals surface area (Å²) in [6, 6.07) is 0. The van der Waals surface area contributed by atoms with Crippen molar-refractivity contribution in [2.75, 3.05) is 5.88 Å². The van der Waals surface area contributed by atoms with Gasteiger partial charge in [-0.2, -0.15) is 0 Å². The molecule has 16 heavy (non-hydrogen) atoms. The van der Waals surface area contributed by atoms with Crippen molar-refractivity contribution in [2.45, 2.75) is 43.9 Å². The molecule has 6 heteroatoms. The topological polar surface area (TPSA) is 38.9 Å². The Morgan fingerprint density at radius 2 is 2.00 bits per heavy atom. The zero-order valence-electron chi connectivity index (χ0n) is 8.76. The van der Waals surface area contributed by atoms with E-state index in [9.17, 15) is 8.78 Å². The van der Waals surface area contributed by atoms with Gasteiger partial charge in [-0.15, -0.1) is 21.8 Å². The van der Waals surface area contributed by atoms with Crippen LogP contribution in [0.3, 0.4) is 0 Å². The predicted octanol–water partition coefficient (Wildman–Crippen LogP) is 3.14. The zero-order chi connectivity index (χ0) is 11.6. The fourth-order valence-corrected chi connectivity index (χ4v) is 2.06. The SMILES string of the molecule is FC1(F)CCC(c2nnc(CCCl)o2)CC1. The molecule has 1 aromatic rings. The molecule has 1 heterocycles. The highest BCUT2D eigenvalue weighted by Crippen LogP contribution is 2.40. The molecule has 0 aromatic carbocycles. The van der Waals surface area contributed by atoms with E-state index in [-0.39, 0.29) is 18.8 Å². The molecule has 0 bridgehead atoms. The molecular weight excluding hydrogens is 238 g/mol. The Balaban J connectivity index is 1.97. The van der Waals surface area contributed by atoms with E-state index in [1.54, 1.807) is 0 Å². The van der Waals surface area contributed by atoms with Crippen LogP contribution in [0.4, 0.5) is 8.78 Å². The third-order valence-electron chi connectivity index (χ3n) is 2.86. The van der Waals surface area contributed by atoms with Crippen molar-refractivity contribution < 1.29 is 13.2 Å². The predicted molar refractivity (Wildman–Crippen MR) is 54.9 cm³/mol. The van der Waals surface area contributed by atoms with Gasteiger partial charge in [0.1, 0.15) is 0 Å². The third-order valence-corrected chi connectivity index (χ3v) is 3.05. The molecule has 0 amide bonds. The van der Waals surface area contributed by atoms with Crippen LogP contribution in [-0.2, 0) is 6.42 Å². The molecule has 0 saturated heterocycles. The number of rotatable bonds is 3. The molecule has 1 aliphatic carbocycles. The van der Waals surface area contributed by atoms with E-state index in [1.165, 1.54) is 0 Å². The molecule has 1 aromatic heterocycles. The van der Waals surface area contributed by atoms with Gasteiger partial charge >= 0.3 is 0 Å². The lowest BCUT2D eigenvalue weighted by atomic mass is 9.87. The van der Waals surface area contributed by atoms with Crippen LogP contribution in [0.2, 0.25) is 0 Å². The summed E-state index contributed by atoms with van der Waals surface area (Å²) < 4.78 is 31.3. The Bertz CT molecular complexity index is 346. The number of hydrogen-bond donors (Lipinski definition) is 0. The van der Waals surface area contributed by atoms with Crippen molar-refractivity contribution in [3.05, 3.63) is 11.8 Å². The van der Waals surface area contributed by atoms with Crippen LogP contribution < -0.4 is 0 Å². The maximum atomic E-state index is 12.9. The van der Waals surface area contributed by atoms with Gasteiger partial charge in [0.2, 0.25) is 17.7 Å². The van der Waals surface area contributed by atoms with E-state index < -0.39 is 5.92 Å². The molecule has 1 aliphatic rings. The number of aryl methyl sites for hydroxylation is 1. The second-order valence-corrected chi connectivity index (χ2v) is 4.48. The molecule has 0 N–H and O–H groups in total. The fraction of sp³-hybridized carbons (Fsp3) is 0.800. The van der Waals surface area contributed by atoms with Crippen LogP contribution in [0.5, 0.6) is 0 Å². The molecule has 0 radical (unpaired) electrons. The Hall–Kier alpha value is -0.710. The van der Waals surface area contributed by atoms with Gasteiger partial charge in [0, 0.05) is 31.1 Å². The van der Waals surface area contributed by atoms with Gasteiger partial charge in [-0.3, -0.25) is 0 Å². The van der Waals surface area contributed by atoms with Crippen molar-refractivity contribution in [2.24, 2.45) is 0 Å². The van der Waals surface area contributed by atoms with Crippen molar-refractivity contribution >= 4 is 11.6 Å². The van der Waals surface area contributed by atoms with Crippen LogP contribution >= 0.6 is 11.6 Å². The number of hydrogen-bond acceptors (Lipinski definition) is 3. The van der Waals surface area contributed by atoms with Crippen molar-refractivity contribution in [3.63, 3.8) is 0 Å². The summed E-state index contributed by atoms with van der Waals surface area (Å²) in [5.41, 5.74) is 0. The number of alkyl halides is 3. The van der Waals surface area contributed by atoms with Crippen LogP contribution in [-0.4, -0.2) is 22.0 Å². The summed E-state index contributed by atoms with van der Waals surface area (Å²) in [5, 5.41) is 7.71. The highest BCUT2D eigenvalue weighted by molar-refractivity contribution is 6.17. The van der Waals surface area contributed by atoms with E-state index in [0.717, 1.165) is 0 Å². The van der Waals surface area contributed by atoms with E-state index in [4.69, 9.17) is 16.0 Å². The van der Waals surface area contributed by atoms with Crippen LogP contribution in [0.1, 0.15) is 43.4 Å². The van der Waals surface area contributed by atoms with Gasteiger partial charge in [0.25, 0.3) is 0 Å². The van der Waals surface area contributed by atoms with Crippen LogP contribution in [0.25, 0.3) is 0 Å². The molecule has 2 rings (SSSR count). The Labute approximate surface area is 97.2 Å². The maximum Gasteiger partial charge on any atom is 0.248 e. The summed E-state index contributed by atoms with van der Waals surface area (Å²) in [7, 11) is 0. The average molecular weight is 251 g/mol. The minimum atomic E-state index is -2.52. The van der Waals surface area contributed by atoms with Crippen LogP contribution in [0, 0.1) is 0 Å². The molecule has 0 spiro atoms. The number of nitrogens with zero attached hydrogens (tertiary/aromatic N) is 2. The monoisotopic (exact) mass is 250 g/mol. The van der Waals surface area contributed by atoms with Crippen molar-refractivity contribution in [3.8, 4) is 0 Å². The molecule has 1 fully saturated rings. The molecular formula is C10H13ClF2N2O. The smallest absolute Gasteiger partial charge is 0.248 e. The van der Waals surface area contributed by atoms with E-state index in [2.05, 4.69) is 10.2 Å².